The number of aromatic nitrogens is 4. The molecule has 31 heteroatoms. The highest BCUT2D eigenvalue weighted by atomic mass is 19.1. The molecule has 19 atom stereocenters. The van der Waals surface area contributed by atoms with Gasteiger partial charge in [0.25, 0.3) is 5.91 Å². The maximum atomic E-state index is 15.5. The summed E-state index contributed by atoms with van der Waals surface area (Å²) in [6, 6.07) is -1.82. The number of carboxylic acids is 1. The number of hydrogen-bond acceptors (Lipinski definition) is 26. The van der Waals surface area contributed by atoms with Crippen LogP contribution in [-0.4, -0.2) is 247 Å². The molecular formula is C47H72FN13O17. The van der Waals surface area contributed by atoms with Gasteiger partial charge in [0.2, 0.25) is 5.43 Å². The Morgan fingerprint density at radius 1 is 0.744 bits per heavy atom. The van der Waals surface area contributed by atoms with Gasteiger partial charge in [0.05, 0.1) is 61.9 Å². The Balaban J connectivity index is 0.785. The maximum absolute atomic E-state index is 15.5. The van der Waals surface area contributed by atoms with E-state index in [1.807, 2.05) is 4.90 Å². The number of benzene rings is 1. The zero-order chi connectivity index (χ0) is 55.9. The van der Waals surface area contributed by atoms with Crippen LogP contribution in [0.5, 0.6) is 0 Å². The Kier molecular flexibility index (Phi) is 18.4. The lowest BCUT2D eigenvalue weighted by Gasteiger charge is -2.47. The summed E-state index contributed by atoms with van der Waals surface area (Å²) in [5.74, 6) is -2.79. The SMILES string of the molecule is NC[C@@H]1O[C@H](O[C@H]2[C@@H](O)[C@H](O[C@@H]3[C@@H](O)[C@H](N)C[C@H](N)[C@H]3O[C@H]3O[C@H](CN)[C@@H](O)[C@H](O)[C@H]3N)O[C@@H]2C(=O)NCc2cn(CCOCCN3CCN(c4cc5c(cc4F)c(=O)c(C(=O)O)cn5C4CC4)CC3)nn2)[C@H](N)[C@@H](O)[C@@H]1O. The molecule has 6 fully saturated rings. The molecule has 78 heavy (non-hydrogen) atoms. The number of aromatic carboxylic acids is 1. The van der Waals surface area contributed by atoms with Crippen LogP contribution in [0.2, 0.25) is 0 Å². The summed E-state index contributed by atoms with van der Waals surface area (Å²) in [6.07, 6.45) is -18.0. The van der Waals surface area contributed by atoms with E-state index >= 15 is 4.39 Å². The second-order valence-electron chi connectivity index (χ2n) is 20.7. The number of amides is 1. The van der Waals surface area contributed by atoms with Crippen LogP contribution in [0.4, 0.5) is 10.1 Å². The van der Waals surface area contributed by atoms with Crippen molar-refractivity contribution in [1.29, 1.82) is 0 Å². The zero-order valence-electron chi connectivity index (χ0n) is 42.5. The predicted octanol–water partition coefficient (Wildman–Crippen LogP) is -7.65. The number of piperazine rings is 1. The molecule has 4 aliphatic heterocycles. The van der Waals surface area contributed by atoms with Crippen molar-refractivity contribution < 1.29 is 82.9 Å². The third kappa shape index (κ3) is 12.2. The Morgan fingerprint density at radius 3 is 1.97 bits per heavy atom. The van der Waals surface area contributed by atoms with Crippen molar-refractivity contribution in [1.82, 2.24) is 29.8 Å². The molecule has 0 spiro atoms. The third-order valence-corrected chi connectivity index (χ3v) is 15.4. The number of nitrogens with one attached hydrogen (secondary N) is 1. The van der Waals surface area contributed by atoms with Gasteiger partial charge in [-0.2, -0.15) is 0 Å². The Morgan fingerprint density at radius 2 is 1.36 bits per heavy atom. The lowest BCUT2D eigenvalue weighted by Crippen LogP contribution is -2.68. The molecule has 6 aliphatic rings. The summed E-state index contributed by atoms with van der Waals surface area (Å²) in [5.41, 5.74) is 36.7. The molecule has 2 aliphatic carbocycles. The number of rotatable bonds is 20. The number of halogens is 1. The summed E-state index contributed by atoms with van der Waals surface area (Å²) in [6.45, 7) is 3.13. The van der Waals surface area contributed by atoms with Gasteiger partial charge in [-0.05, 0) is 31.4 Å². The minimum absolute atomic E-state index is 0.00370. The minimum Gasteiger partial charge on any atom is -0.477 e. The maximum Gasteiger partial charge on any atom is 0.341 e. The molecule has 0 unspecified atom stereocenters. The van der Waals surface area contributed by atoms with Gasteiger partial charge in [-0.25, -0.2) is 13.9 Å². The fourth-order valence-electron chi connectivity index (χ4n) is 10.6. The van der Waals surface area contributed by atoms with Crippen LogP contribution in [0.3, 0.4) is 0 Å². The van der Waals surface area contributed by atoms with Gasteiger partial charge in [0.15, 0.2) is 25.0 Å². The van der Waals surface area contributed by atoms with Crippen molar-refractivity contribution in [3.05, 3.63) is 51.8 Å². The van der Waals surface area contributed by atoms with Crippen molar-refractivity contribution in [2.45, 2.75) is 155 Å². The van der Waals surface area contributed by atoms with E-state index in [2.05, 4.69) is 20.5 Å². The van der Waals surface area contributed by atoms with Crippen LogP contribution in [0, 0.1) is 5.82 Å². The molecule has 20 N–H and O–H groups in total. The average Bonchev–Trinajstić information content (AvgIpc) is 4.20. The molecule has 30 nitrogen and oxygen atoms in total. The topological polar surface area (TPSA) is 468 Å². The first-order valence-electron chi connectivity index (χ1n) is 26.0. The molecule has 3 aromatic rings. The molecule has 9 rings (SSSR count). The van der Waals surface area contributed by atoms with Crippen molar-refractivity contribution in [3.63, 3.8) is 0 Å². The standard InChI is InChI=1S/C47H72FN13O17/c48-23-11-21-26(61(20-1-2-20)18-22(32(21)62)44(70)71)13-27(23)59-5-3-58(4-6-59)7-9-72-10-8-60-17-19(56-57-60)16-55-43(69)42-41(76-46-31(54)37(67)35(65)29(15-50)74-46)38(68)47(78-42)77-40-33(63)24(51)12-25(52)39(40)75-45-30(53)36(66)34(64)28(14-49)73-45/h11,13,17-18,20,24-25,28-31,33-42,45-47,63-68H,1-10,12,14-16,49-54H2,(H,55,69)(H,70,71)/t24-,25+,28-,29+,30-,31-,33+,34-,35-,36-,37-,38-,39-,40-,41+,42+,45-,46-,47-/m1/s1. The zero-order valence-corrected chi connectivity index (χ0v) is 42.5. The number of nitrogens with zero attached hydrogens (tertiary/aromatic N) is 6. The summed E-state index contributed by atoms with van der Waals surface area (Å²) in [7, 11) is 0. The predicted molar refractivity (Wildman–Crippen MR) is 266 cm³/mol. The van der Waals surface area contributed by atoms with Crippen molar-refractivity contribution >= 4 is 28.5 Å². The molecule has 1 amide bonds. The number of aliphatic hydroxyl groups excluding tert-OH is 6. The molecule has 434 valence electrons. The smallest absolute Gasteiger partial charge is 0.341 e. The van der Waals surface area contributed by atoms with Gasteiger partial charge >= 0.3 is 5.97 Å². The number of hydrogen-bond donors (Lipinski definition) is 14. The van der Waals surface area contributed by atoms with Gasteiger partial charge in [-0.3, -0.25) is 14.5 Å². The highest BCUT2D eigenvalue weighted by molar-refractivity contribution is 5.93. The van der Waals surface area contributed by atoms with Gasteiger partial charge in [0.1, 0.15) is 78.1 Å². The van der Waals surface area contributed by atoms with Gasteiger partial charge in [-0.15, -0.1) is 5.10 Å². The summed E-state index contributed by atoms with van der Waals surface area (Å²) in [5, 5.41) is 86.0. The highest BCUT2D eigenvalue weighted by Gasteiger charge is 2.56. The number of anilines is 1. The van der Waals surface area contributed by atoms with E-state index < -0.39 is 139 Å². The molecule has 2 saturated carbocycles. The molecule has 4 saturated heterocycles. The number of carboxylic acid groups (broad SMARTS) is 1. The van der Waals surface area contributed by atoms with E-state index in [1.165, 1.54) is 10.9 Å². The molecular weight excluding hydrogens is 1040 g/mol. The number of fused-ring (bicyclic) bond motifs is 1. The van der Waals surface area contributed by atoms with E-state index in [4.69, 9.17) is 67.6 Å². The Hall–Kier alpha value is -4.56. The van der Waals surface area contributed by atoms with Crippen LogP contribution in [-0.2, 0) is 51.0 Å². The first-order valence-corrected chi connectivity index (χ1v) is 26.0. The molecule has 0 bridgehead atoms. The first-order chi connectivity index (χ1) is 37.3. The minimum atomic E-state index is -1.86. The number of pyridine rings is 1. The van der Waals surface area contributed by atoms with Crippen molar-refractivity contribution in [2.75, 3.05) is 63.9 Å². The quantitative estimate of drug-likeness (QED) is 0.0467. The van der Waals surface area contributed by atoms with Crippen molar-refractivity contribution in [2.24, 2.45) is 34.4 Å². The van der Waals surface area contributed by atoms with E-state index in [0.717, 1.165) is 18.9 Å². The van der Waals surface area contributed by atoms with Crippen LogP contribution in [0.1, 0.15) is 41.4 Å². The lowest BCUT2D eigenvalue weighted by atomic mass is 9.84. The summed E-state index contributed by atoms with van der Waals surface area (Å²) >= 11 is 0. The van der Waals surface area contributed by atoms with E-state index in [0.29, 0.717) is 62.8 Å². The number of carbonyl (C=O) groups excluding carboxylic acids is 1. The lowest BCUT2D eigenvalue weighted by molar-refractivity contribution is -0.306. The molecule has 6 heterocycles. The van der Waals surface area contributed by atoms with Gasteiger partial charge in [-0.1, -0.05) is 5.21 Å². The third-order valence-electron chi connectivity index (χ3n) is 15.4. The molecule has 1 aromatic carbocycles. The monoisotopic (exact) mass is 1110 g/mol. The second kappa shape index (κ2) is 24.7. The van der Waals surface area contributed by atoms with E-state index in [-0.39, 0.29) is 49.7 Å². The fraction of sp³-hybridized carbons (Fsp3) is 0.723. The summed E-state index contributed by atoms with van der Waals surface area (Å²) < 4.78 is 60.6. The number of ether oxygens (including phenoxy) is 7. The highest BCUT2D eigenvalue weighted by Crippen LogP contribution is 2.39. The number of nitrogens with two attached hydrogens (primary N) is 6. The second-order valence-corrected chi connectivity index (χ2v) is 20.7. The van der Waals surface area contributed by atoms with E-state index in [1.54, 1.807) is 16.8 Å². The van der Waals surface area contributed by atoms with Crippen LogP contribution in [0.25, 0.3) is 10.9 Å². The molecule has 2 aromatic heterocycles. The first kappa shape index (κ1) is 58.1. The Bertz CT molecular complexity index is 2610. The van der Waals surface area contributed by atoms with E-state index in [9.17, 15) is 50.1 Å². The largest absolute Gasteiger partial charge is 0.477 e. The normalized spacial score (nSPS) is 36.8. The number of aliphatic hydroxyl groups is 6. The Labute approximate surface area is 445 Å². The van der Waals surface area contributed by atoms with Gasteiger partial charge < -0.3 is 118 Å². The van der Waals surface area contributed by atoms with Crippen molar-refractivity contribution in [3.8, 4) is 0 Å². The van der Waals surface area contributed by atoms with Crippen LogP contribution >= 0.6 is 0 Å². The average molecular weight is 1110 g/mol. The fourth-order valence-corrected chi connectivity index (χ4v) is 10.6. The summed E-state index contributed by atoms with van der Waals surface area (Å²) in [4.78, 5) is 42.8. The molecule has 0 radical (unpaired) electrons. The number of carbonyl (C=O) groups is 2. The van der Waals surface area contributed by atoms with Gasteiger partial charge in [0, 0.05) is 75.5 Å². The van der Waals surface area contributed by atoms with Crippen LogP contribution in [0.15, 0.2) is 29.3 Å². The van der Waals surface area contributed by atoms with Crippen LogP contribution < -0.4 is 50.0 Å².